The third-order valence-corrected chi connectivity index (χ3v) is 7.40. The molecule has 0 bridgehead atoms. The number of aliphatic hydroxyl groups excluding tert-OH is 1. The van der Waals surface area contributed by atoms with Gasteiger partial charge in [-0.1, -0.05) is 12.8 Å². The second-order valence-electron chi connectivity index (χ2n) is 8.39. The van der Waals surface area contributed by atoms with Gasteiger partial charge in [-0.25, -0.2) is 4.68 Å². The molecule has 0 spiro atoms. The number of aromatic nitrogens is 2. The van der Waals surface area contributed by atoms with Crippen molar-refractivity contribution in [1.82, 2.24) is 15.1 Å². The van der Waals surface area contributed by atoms with E-state index in [0.717, 1.165) is 64.0 Å². The predicted octanol–water partition coefficient (Wildman–Crippen LogP) is 3.24. The zero-order chi connectivity index (χ0) is 20.2. The summed E-state index contributed by atoms with van der Waals surface area (Å²) in [7, 11) is 0. The molecule has 1 saturated carbocycles. The van der Waals surface area contributed by atoms with E-state index in [-0.39, 0.29) is 11.6 Å². The van der Waals surface area contributed by atoms with Crippen molar-refractivity contribution in [2.75, 3.05) is 18.0 Å². The molecule has 29 heavy (non-hydrogen) atoms. The van der Waals surface area contributed by atoms with Crippen molar-refractivity contribution in [3.05, 3.63) is 44.4 Å². The van der Waals surface area contributed by atoms with E-state index in [4.69, 9.17) is 5.10 Å². The van der Waals surface area contributed by atoms with Crippen LogP contribution in [-0.4, -0.2) is 40.1 Å². The minimum absolute atomic E-state index is 0.112. The fraction of sp³-hybridized carbons (Fsp3) is 0.636. The average Bonchev–Trinajstić information content (AvgIpc) is 3.14. The molecule has 2 aromatic heterocycles. The van der Waals surface area contributed by atoms with Crippen molar-refractivity contribution in [2.45, 2.75) is 76.6 Å². The van der Waals surface area contributed by atoms with Crippen LogP contribution in [0.5, 0.6) is 0 Å². The third-order valence-electron chi connectivity index (χ3n) is 6.37. The normalized spacial score (nSPS) is 25.3. The topological polar surface area (TPSA) is 70.4 Å². The van der Waals surface area contributed by atoms with Crippen molar-refractivity contribution < 1.29 is 5.11 Å². The van der Waals surface area contributed by atoms with Crippen molar-refractivity contribution in [1.29, 1.82) is 0 Å². The van der Waals surface area contributed by atoms with Crippen LogP contribution in [-0.2, 0) is 6.54 Å². The Morgan fingerprint density at radius 1 is 1.17 bits per heavy atom. The lowest BCUT2D eigenvalue weighted by atomic mass is 9.93. The summed E-state index contributed by atoms with van der Waals surface area (Å²) >= 11 is 1.80. The fourth-order valence-corrected chi connectivity index (χ4v) is 5.51. The number of nitrogens with one attached hydrogen (secondary N) is 1. The van der Waals surface area contributed by atoms with E-state index in [2.05, 4.69) is 28.6 Å². The van der Waals surface area contributed by atoms with E-state index in [1.165, 1.54) is 16.9 Å². The first kappa shape index (κ1) is 20.6. The molecule has 3 unspecified atom stereocenters. The SMILES string of the molecule is Cc1ccsc1CNCC1CCCCN1c1ccc(=O)n(C2CCCCC2O)n1. The number of aryl methyl sites for hydroxylation is 1. The van der Waals surface area contributed by atoms with E-state index in [0.29, 0.717) is 6.04 Å². The van der Waals surface area contributed by atoms with Gasteiger partial charge in [0, 0.05) is 36.6 Å². The third kappa shape index (κ3) is 4.73. The van der Waals surface area contributed by atoms with Gasteiger partial charge in [-0.2, -0.15) is 5.10 Å². The Morgan fingerprint density at radius 2 is 2.00 bits per heavy atom. The first-order valence-corrected chi connectivity index (χ1v) is 11.8. The molecule has 0 aromatic carbocycles. The van der Waals surface area contributed by atoms with Crippen molar-refractivity contribution >= 4 is 17.2 Å². The lowest BCUT2D eigenvalue weighted by Gasteiger charge is -2.37. The summed E-state index contributed by atoms with van der Waals surface area (Å²) < 4.78 is 1.55. The van der Waals surface area contributed by atoms with Gasteiger partial charge in [-0.15, -0.1) is 11.3 Å². The smallest absolute Gasteiger partial charge is 0.267 e. The lowest BCUT2D eigenvalue weighted by Crippen LogP contribution is -2.47. The Bertz CT molecular complexity index is 864. The summed E-state index contributed by atoms with van der Waals surface area (Å²) in [6.07, 6.45) is 6.66. The first-order chi connectivity index (χ1) is 14.1. The minimum Gasteiger partial charge on any atom is -0.391 e. The summed E-state index contributed by atoms with van der Waals surface area (Å²) in [5.41, 5.74) is 1.24. The zero-order valence-electron chi connectivity index (χ0n) is 17.2. The quantitative estimate of drug-likeness (QED) is 0.757. The summed E-state index contributed by atoms with van der Waals surface area (Å²) in [5.74, 6) is 0.862. The number of piperidine rings is 1. The molecule has 7 heteroatoms. The molecule has 2 aliphatic rings. The highest BCUT2D eigenvalue weighted by atomic mass is 32.1. The number of rotatable bonds is 6. The molecule has 1 aliphatic carbocycles. The maximum absolute atomic E-state index is 12.5. The van der Waals surface area contributed by atoms with Gasteiger partial charge < -0.3 is 15.3 Å². The number of hydrogen-bond acceptors (Lipinski definition) is 6. The highest BCUT2D eigenvalue weighted by molar-refractivity contribution is 7.10. The van der Waals surface area contributed by atoms with Gasteiger partial charge in [0.15, 0.2) is 0 Å². The van der Waals surface area contributed by atoms with Crippen LogP contribution in [0.15, 0.2) is 28.4 Å². The Kier molecular flexibility index (Phi) is 6.67. The molecule has 6 nitrogen and oxygen atoms in total. The van der Waals surface area contributed by atoms with Gasteiger partial charge in [0.25, 0.3) is 5.56 Å². The van der Waals surface area contributed by atoms with Crippen LogP contribution in [0.1, 0.15) is 61.4 Å². The van der Waals surface area contributed by atoms with Gasteiger partial charge in [-0.05, 0) is 62.1 Å². The number of hydrogen-bond donors (Lipinski definition) is 2. The summed E-state index contributed by atoms with van der Waals surface area (Å²) in [6, 6.07) is 5.83. The highest BCUT2D eigenvalue weighted by Crippen LogP contribution is 2.28. The molecule has 2 fully saturated rings. The van der Waals surface area contributed by atoms with Gasteiger partial charge in [0.05, 0.1) is 12.1 Å². The Morgan fingerprint density at radius 3 is 2.79 bits per heavy atom. The Hall–Kier alpha value is -1.70. The van der Waals surface area contributed by atoms with Gasteiger partial charge in [0.1, 0.15) is 5.82 Å². The van der Waals surface area contributed by atoms with E-state index < -0.39 is 6.10 Å². The van der Waals surface area contributed by atoms with Gasteiger partial charge >= 0.3 is 0 Å². The maximum Gasteiger partial charge on any atom is 0.267 e. The molecule has 2 N–H and O–H groups in total. The molecule has 3 atom stereocenters. The zero-order valence-corrected chi connectivity index (χ0v) is 18.0. The van der Waals surface area contributed by atoms with E-state index in [9.17, 15) is 9.90 Å². The second kappa shape index (κ2) is 9.41. The van der Waals surface area contributed by atoms with Crippen LogP contribution in [0.2, 0.25) is 0 Å². The molecule has 158 valence electrons. The standard InChI is InChI=1S/C22H32N4O2S/c1-16-11-13-29-20(16)15-23-14-17-6-4-5-12-25(17)21-9-10-22(28)26(24-21)18-7-2-3-8-19(18)27/h9-11,13,17-19,23,27H,2-8,12,14-15H2,1H3. The largest absolute Gasteiger partial charge is 0.391 e. The molecule has 3 heterocycles. The second-order valence-corrected chi connectivity index (χ2v) is 9.39. The number of nitrogens with zero attached hydrogens (tertiary/aromatic N) is 3. The molecular weight excluding hydrogens is 384 g/mol. The minimum atomic E-state index is -0.475. The van der Waals surface area contributed by atoms with Crippen LogP contribution in [0, 0.1) is 6.92 Å². The lowest BCUT2D eigenvalue weighted by molar-refractivity contribution is 0.0669. The Labute approximate surface area is 176 Å². The number of anilines is 1. The first-order valence-electron chi connectivity index (χ1n) is 10.9. The average molecular weight is 417 g/mol. The van der Waals surface area contributed by atoms with Crippen molar-refractivity contribution in [3.63, 3.8) is 0 Å². The number of thiophene rings is 1. The molecule has 1 saturated heterocycles. The molecule has 1 aliphatic heterocycles. The molecule has 4 rings (SSSR count). The molecule has 0 radical (unpaired) electrons. The van der Waals surface area contributed by atoms with Gasteiger partial charge in [0.2, 0.25) is 0 Å². The summed E-state index contributed by atoms with van der Waals surface area (Å²) in [5, 5.41) is 20.9. The molecular formula is C22H32N4O2S. The van der Waals surface area contributed by atoms with E-state index >= 15 is 0 Å². The molecule has 0 amide bonds. The van der Waals surface area contributed by atoms with Gasteiger partial charge in [-0.3, -0.25) is 4.79 Å². The van der Waals surface area contributed by atoms with Crippen LogP contribution in [0.25, 0.3) is 0 Å². The Balaban J connectivity index is 1.48. The van der Waals surface area contributed by atoms with Crippen molar-refractivity contribution in [2.24, 2.45) is 0 Å². The summed E-state index contributed by atoms with van der Waals surface area (Å²) in [6.45, 7) is 4.93. The van der Waals surface area contributed by atoms with E-state index in [1.54, 1.807) is 22.1 Å². The van der Waals surface area contributed by atoms with Crippen LogP contribution in [0.3, 0.4) is 0 Å². The van der Waals surface area contributed by atoms with E-state index in [1.807, 2.05) is 6.07 Å². The monoisotopic (exact) mass is 416 g/mol. The fourth-order valence-electron chi connectivity index (χ4n) is 4.63. The summed E-state index contributed by atoms with van der Waals surface area (Å²) in [4.78, 5) is 16.2. The predicted molar refractivity (Wildman–Crippen MR) is 118 cm³/mol. The van der Waals surface area contributed by atoms with Crippen LogP contribution >= 0.6 is 11.3 Å². The highest BCUT2D eigenvalue weighted by Gasteiger charge is 2.28. The van der Waals surface area contributed by atoms with Crippen LogP contribution < -0.4 is 15.8 Å². The van der Waals surface area contributed by atoms with Crippen molar-refractivity contribution in [3.8, 4) is 0 Å². The molecule has 2 aromatic rings. The number of aliphatic hydroxyl groups is 1. The van der Waals surface area contributed by atoms with Crippen LogP contribution in [0.4, 0.5) is 5.82 Å². The maximum atomic E-state index is 12.5.